The Kier molecular flexibility index (Phi) is 8.81. The fourth-order valence-corrected chi connectivity index (χ4v) is 5.89. The lowest BCUT2D eigenvalue weighted by Gasteiger charge is -2.29. The molecule has 0 aromatic heterocycles. The first-order valence-electron chi connectivity index (χ1n) is 16.1. The highest BCUT2D eigenvalue weighted by atomic mass is 15.8. The van der Waals surface area contributed by atoms with Gasteiger partial charge in [0, 0.05) is 28.2 Å². The third-order valence-corrected chi connectivity index (χ3v) is 8.37. The molecule has 0 bridgehead atoms. The molecule has 5 aromatic rings. The van der Waals surface area contributed by atoms with Crippen LogP contribution in [0.15, 0.2) is 132 Å². The standard InChI is InChI=1S/C41H45N5/c1-40(2,3)38(46-39(45-46)41(4,5)6)43-28-42-36-24-22-31(26-34(36)29-16-10-7-11-17-29)32-23-25-37(44-33-20-14-9-15-21-33)35(27-32)30-18-12-8-13-19-30/h7-28,38-39,44-45H,1-6H3,(H,42,43). The van der Waals surface area contributed by atoms with Gasteiger partial charge in [-0.05, 0) is 69.5 Å². The Balaban J connectivity index is 1.34. The molecule has 1 saturated heterocycles. The summed E-state index contributed by atoms with van der Waals surface area (Å²) in [6.45, 7) is 13.5. The fraction of sp³-hybridized carbons (Fsp3) is 0.244. The molecule has 3 atom stereocenters. The molecule has 5 nitrogen and oxygen atoms in total. The fourth-order valence-electron chi connectivity index (χ4n) is 5.89. The van der Waals surface area contributed by atoms with Gasteiger partial charge in [0.05, 0.1) is 12.5 Å². The number of aliphatic imine (C=N–C) groups is 1. The highest BCUT2D eigenvalue weighted by Crippen LogP contribution is 2.39. The molecule has 234 valence electrons. The molecular formula is C41H45N5. The van der Waals surface area contributed by atoms with Crippen LogP contribution in [0.25, 0.3) is 33.4 Å². The Labute approximate surface area is 274 Å². The van der Waals surface area contributed by atoms with Crippen LogP contribution in [0.2, 0.25) is 0 Å². The first-order valence-corrected chi connectivity index (χ1v) is 16.1. The summed E-state index contributed by atoms with van der Waals surface area (Å²) < 4.78 is 0. The molecule has 1 aliphatic heterocycles. The molecule has 0 spiro atoms. The summed E-state index contributed by atoms with van der Waals surface area (Å²) in [5, 5.41) is 9.45. The van der Waals surface area contributed by atoms with Gasteiger partial charge in [-0.15, -0.1) is 0 Å². The maximum absolute atomic E-state index is 5.04. The number of hydrogen-bond acceptors (Lipinski definition) is 4. The Morgan fingerprint density at radius 3 is 1.63 bits per heavy atom. The highest BCUT2D eigenvalue weighted by Gasteiger charge is 2.49. The van der Waals surface area contributed by atoms with E-state index in [0.717, 1.165) is 44.9 Å². The van der Waals surface area contributed by atoms with Crippen LogP contribution in [0.4, 0.5) is 17.1 Å². The lowest BCUT2D eigenvalue weighted by atomic mass is 9.90. The molecule has 1 aliphatic rings. The van der Waals surface area contributed by atoms with Crippen molar-refractivity contribution in [3.8, 4) is 33.4 Å². The second-order valence-corrected chi connectivity index (χ2v) is 14.2. The smallest absolute Gasteiger partial charge is 0.123 e. The van der Waals surface area contributed by atoms with Crippen LogP contribution in [-0.4, -0.2) is 23.7 Å². The van der Waals surface area contributed by atoms with Crippen molar-refractivity contribution in [1.29, 1.82) is 0 Å². The van der Waals surface area contributed by atoms with Gasteiger partial charge in [0.2, 0.25) is 0 Å². The van der Waals surface area contributed by atoms with E-state index in [-0.39, 0.29) is 17.0 Å². The van der Waals surface area contributed by atoms with Gasteiger partial charge in [-0.3, -0.25) is 4.99 Å². The van der Waals surface area contributed by atoms with Crippen LogP contribution in [-0.2, 0) is 0 Å². The van der Waals surface area contributed by atoms with Crippen molar-refractivity contribution in [1.82, 2.24) is 10.4 Å². The van der Waals surface area contributed by atoms with Gasteiger partial charge in [-0.25, -0.2) is 5.43 Å². The van der Waals surface area contributed by atoms with E-state index in [4.69, 9.17) is 4.99 Å². The van der Waals surface area contributed by atoms with Gasteiger partial charge in [-0.1, -0.05) is 133 Å². The van der Waals surface area contributed by atoms with Crippen LogP contribution in [0.1, 0.15) is 41.5 Å². The van der Waals surface area contributed by atoms with Crippen molar-refractivity contribution in [3.63, 3.8) is 0 Å². The zero-order valence-electron chi connectivity index (χ0n) is 27.8. The highest BCUT2D eigenvalue weighted by molar-refractivity contribution is 5.91. The summed E-state index contributed by atoms with van der Waals surface area (Å²) >= 11 is 0. The first-order chi connectivity index (χ1) is 22.1. The third kappa shape index (κ3) is 7.23. The van der Waals surface area contributed by atoms with E-state index >= 15 is 0 Å². The van der Waals surface area contributed by atoms with Crippen molar-refractivity contribution in [2.75, 3.05) is 10.6 Å². The van der Waals surface area contributed by atoms with E-state index in [1.807, 2.05) is 12.4 Å². The number of anilines is 3. The van der Waals surface area contributed by atoms with Crippen LogP contribution < -0.4 is 16.1 Å². The Morgan fingerprint density at radius 2 is 1.13 bits per heavy atom. The summed E-state index contributed by atoms with van der Waals surface area (Å²) in [6.07, 6.45) is 2.18. The van der Waals surface area contributed by atoms with E-state index in [2.05, 4.69) is 184 Å². The number of rotatable bonds is 9. The van der Waals surface area contributed by atoms with E-state index < -0.39 is 0 Å². The SMILES string of the molecule is CC(C)(C)C(/N=C/Nc1ccc(-c2ccc(Nc3ccccc3)c(-c3ccccc3)c2)cc1-c1ccccc1)N1NC1C(C)(C)C. The molecule has 0 saturated carbocycles. The van der Waals surface area contributed by atoms with Gasteiger partial charge < -0.3 is 10.6 Å². The number of para-hydroxylation sites is 1. The molecule has 1 fully saturated rings. The molecule has 46 heavy (non-hydrogen) atoms. The number of benzene rings is 5. The molecule has 0 amide bonds. The summed E-state index contributed by atoms with van der Waals surface area (Å²) in [5.74, 6) is 0. The Bertz CT molecular complexity index is 1780. The predicted molar refractivity (Wildman–Crippen MR) is 196 cm³/mol. The number of nitrogens with one attached hydrogen (secondary N) is 3. The minimum absolute atomic E-state index is 0.00286. The number of hydrazine groups is 1. The summed E-state index contributed by atoms with van der Waals surface area (Å²) in [4.78, 5) is 5.04. The second kappa shape index (κ2) is 13.0. The minimum Gasteiger partial charge on any atom is -0.355 e. The van der Waals surface area contributed by atoms with Crippen molar-refractivity contribution in [2.45, 2.75) is 53.9 Å². The topological polar surface area (TPSA) is 61.4 Å². The van der Waals surface area contributed by atoms with Crippen LogP contribution in [0, 0.1) is 10.8 Å². The van der Waals surface area contributed by atoms with Crippen LogP contribution in [0.3, 0.4) is 0 Å². The molecule has 6 rings (SSSR count). The van der Waals surface area contributed by atoms with Gasteiger partial charge >= 0.3 is 0 Å². The van der Waals surface area contributed by atoms with E-state index in [1.165, 1.54) is 5.56 Å². The molecule has 3 N–H and O–H groups in total. The van der Waals surface area contributed by atoms with Crippen LogP contribution in [0.5, 0.6) is 0 Å². The molecule has 0 radical (unpaired) electrons. The van der Waals surface area contributed by atoms with Gasteiger partial charge in [0.15, 0.2) is 0 Å². The summed E-state index contributed by atoms with van der Waals surface area (Å²) in [6, 6.07) is 44.8. The first kappa shape index (κ1) is 31.3. The largest absolute Gasteiger partial charge is 0.355 e. The third-order valence-electron chi connectivity index (χ3n) is 8.37. The quantitative estimate of drug-likeness (QED) is 0.0886. The molecule has 5 heteroatoms. The Hall–Kier alpha value is -4.71. The summed E-state index contributed by atoms with van der Waals surface area (Å²) in [7, 11) is 0. The van der Waals surface area contributed by atoms with Crippen LogP contribution >= 0.6 is 0 Å². The maximum atomic E-state index is 5.04. The molecule has 1 heterocycles. The Morgan fingerprint density at radius 1 is 0.630 bits per heavy atom. The van der Waals surface area contributed by atoms with Crippen molar-refractivity contribution in [2.24, 2.45) is 15.8 Å². The lowest BCUT2D eigenvalue weighted by molar-refractivity contribution is 0.170. The monoisotopic (exact) mass is 607 g/mol. The van der Waals surface area contributed by atoms with Gasteiger partial charge in [0.1, 0.15) is 6.17 Å². The zero-order chi connectivity index (χ0) is 32.3. The average molecular weight is 608 g/mol. The van der Waals surface area contributed by atoms with E-state index in [1.54, 1.807) is 0 Å². The maximum Gasteiger partial charge on any atom is 0.123 e. The van der Waals surface area contributed by atoms with Crippen molar-refractivity contribution in [3.05, 3.63) is 127 Å². The number of nitrogens with zero attached hydrogens (tertiary/aromatic N) is 2. The van der Waals surface area contributed by atoms with Gasteiger partial charge in [0.25, 0.3) is 0 Å². The molecule has 3 unspecified atom stereocenters. The lowest BCUT2D eigenvalue weighted by Crippen LogP contribution is -2.36. The van der Waals surface area contributed by atoms with Crippen molar-refractivity contribution < 1.29 is 0 Å². The zero-order valence-corrected chi connectivity index (χ0v) is 27.8. The van der Waals surface area contributed by atoms with E-state index in [9.17, 15) is 0 Å². The number of hydrogen-bond donors (Lipinski definition) is 3. The summed E-state index contributed by atoms with van der Waals surface area (Å²) in [5.41, 5.74) is 13.7. The van der Waals surface area contributed by atoms with Gasteiger partial charge in [-0.2, -0.15) is 5.01 Å². The predicted octanol–water partition coefficient (Wildman–Crippen LogP) is 10.4. The average Bonchev–Trinajstić information content (AvgIpc) is 3.86. The van der Waals surface area contributed by atoms with Crippen molar-refractivity contribution >= 4 is 23.4 Å². The molecule has 0 aliphatic carbocycles. The van der Waals surface area contributed by atoms with E-state index in [0.29, 0.717) is 6.17 Å². The second-order valence-electron chi connectivity index (χ2n) is 14.2. The molecular weight excluding hydrogens is 562 g/mol. The normalized spacial score (nSPS) is 17.1. The minimum atomic E-state index is -0.0325. The molecule has 5 aromatic carbocycles.